The minimum absolute atomic E-state index is 0.0761. The molecule has 1 saturated heterocycles. The SMILES string of the molecule is C=C[C@]1(C)O[C@H]1CC/C(C)=C/CC/C(C)=C/Cc1cn([Si](C)(C)C(C)(C)C)c2ccccc12. The lowest BCUT2D eigenvalue weighted by molar-refractivity contribution is 0.338. The second kappa shape index (κ2) is 9.80. The summed E-state index contributed by atoms with van der Waals surface area (Å²) in [6.07, 6.45) is 15.1. The number of rotatable bonds is 10. The van der Waals surface area contributed by atoms with E-state index in [4.69, 9.17) is 4.74 Å². The van der Waals surface area contributed by atoms with Crippen molar-refractivity contribution in [1.29, 1.82) is 0 Å². The van der Waals surface area contributed by atoms with Crippen LogP contribution in [0.4, 0.5) is 0 Å². The number of aromatic nitrogens is 1. The van der Waals surface area contributed by atoms with Gasteiger partial charge in [0.25, 0.3) is 0 Å². The van der Waals surface area contributed by atoms with Crippen molar-refractivity contribution in [1.82, 2.24) is 4.23 Å². The third kappa shape index (κ3) is 5.81. The van der Waals surface area contributed by atoms with Gasteiger partial charge in [-0.2, -0.15) is 0 Å². The number of epoxide rings is 1. The maximum absolute atomic E-state index is 5.74. The Morgan fingerprint density at radius 2 is 1.79 bits per heavy atom. The van der Waals surface area contributed by atoms with Crippen LogP contribution in [0.1, 0.15) is 72.8 Å². The van der Waals surface area contributed by atoms with Gasteiger partial charge >= 0.3 is 0 Å². The molecule has 1 aromatic carbocycles. The standard InChI is InChI=1S/C30H45NOSi/c1-10-30(7)28(32-30)21-19-24(3)15-13-14-23(2)18-20-25-22-31(33(8,9)29(4,5)6)27-17-12-11-16-26(25)27/h10-12,15-18,22,28H,1,13-14,19-21H2,2-9H3/b23-18+,24-15+/t28-,30-/m0/s1. The normalized spacial score (nSPS) is 22.1. The molecule has 1 aliphatic rings. The van der Waals surface area contributed by atoms with Gasteiger partial charge in [0.1, 0.15) is 5.60 Å². The van der Waals surface area contributed by atoms with E-state index in [1.54, 1.807) is 0 Å². The van der Waals surface area contributed by atoms with Crippen molar-refractivity contribution < 1.29 is 4.74 Å². The van der Waals surface area contributed by atoms with Crippen LogP contribution >= 0.6 is 0 Å². The van der Waals surface area contributed by atoms with Crippen LogP contribution in [0.2, 0.25) is 18.1 Å². The van der Waals surface area contributed by atoms with Crippen LogP contribution in [0.25, 0.3) is 10.9 Å². The minimum atomic E-state index is -1.66. The molecule has 2 atom stereocenters. The Hall–Kier alpha value is -1.84. The van der Waals surface area contributed by atoms with E-state index in [9.17, 15) is 0 Å². The van der Waals surface area contributed by atoms with Crippen LogP contribution in [0.15, 0.2) is 66.4 Å². The average molecular weight is 464 g/mol. The van der Waals surface area contributed by atoms with E-state index in [0.717, 1.165) is 32.1 Å². The van der Waals surface area contributed by atoms with Crippen molar-refractivity contribution in [2.45, 2.75) is 103 Å². The van der Waals surface area contributed by atoms with Crippen LogP contribution in [0, 0.1) is 0 Å². The summed E-state index contributed by atoms with van der Waals surface area (Å²) in [4.78, 5) is 0. The van der Waals surface area contributed by atoms with E-state index in [1.807, 2.05) is 6.08 Å². The van der Waals surface area contributed by atoms with Gasteiger partial charge in [0.15, 0.2) is 8.24 Å². The first-order valence-corrected chi connectivity index (χ1v) is 15.6. The molecule has 0 amide bonds. The number of hydrogen-bond donors (Lipinski definition) is 0. The van der Waals surface area contributed by atoms with E-state index in [1.165, 1.54) is 27.6 Å². The highest BCUT2D eigenvalue weighted by Crippen LogP contribution is 2.41. The molecule has 0 radical (unpaired) electrons. The molecule has 0 aliphatic carbocycles. The Morgan fingerprint density at radius 1 is 1.12 bits per heavy atom. The lowest BCUT2D eigenvalue weighted by Crippen LogP contribution is -2.44. The van der Waals surface area contributed by atoms with Crippen LogP contribution in [0.5, 0.6) is 0 Å². The van der Waals surface area contributed by atoms with E-state index in [2.05, 4.69) is 108 Å². The first kappa shape index (κ1) is 25.8. The third-order valence-electron chi connectivity index (χ3n) is 8.12. The third-order valence-corrected chi connectivity index (χ3v) is 13.4. The molecule has 0 bridgehead atoms. The molecule has 0 spiro atoms. The highest BCUT2D eigenvalue weighted by atomic mass is 28.3. The van der Waals surface area contributed by atoms with Gasteiger partial charge in [-0.1, -0.05) is 81.4 Å². The zero-order chi connectivity index (χ0) is 24.4. The number of allylic oxidation sites excluding steroid dienone is 4. The highest BCUT2D eigenvalue weighted by molar-refractivity contribution is 6.79. The summed E-state index contributed by atoms with van der Waals surface area (Å²) in [6.45, 7) is 22.7. The summed E-state index contributed by atoms with van der Waals surface area (Å²) in [5, 5.41) is 1.72. The van der Waals surface area contributed by atoms with Gasteiger partial charge in [0.05, 0.1) is 6.10 Å². The Kier molecular flexibility index (Phi) is 7.65. The summed E-state index contributed by atoms with van der Waals surface area (Å²) in [5.74, 6) is 0. The van der Waals surface area contributed by atoms with Gasteiger partial charge in [-0.05, 0) is 75.7 Å². The van der Waals surface area contributed by atoms with Gasteiger partial charge in [-0.25, -0.2) is 0 Å². The number of hydrogen-bond acceptors (Lipinski definition) is 1. The van der Waals surface area contributed by atoms with Gasteiger partial charge in [0.2, 0.25) is 0 Å². The Balaban J connectivity index is 1.61. The van der Waals surface area contributed by atoms with E-state index in [-0.39, 0.29) is 5.60 Å². The van der Waals surface area contributed by atoms with Crippen molar-refractivity contribution in [2.75, 3.05) is 0 Å². The fourth-order valence-electron chi connectivity index (χ4n) is 4.43. The van der Waals surface area contributed by atoms with Crippen molar-refractivity contribution in [3.05, 3.63) is 72.0 Å². The zero-order valence-electron chi connectivity index (χ0n) is 22.3. The monoisotopic (exact) mass is 463 g/mol. The maximum atomic E-state index is 5.74. The van der Waals surface area contributed by atoms with Crippen molar-refractivity contribution >= 4 is 19.1 Å². The molecule has 2 aromatic rings. The number of para-hydroxylation sites is 1. The topological polar surface area (TPSA) is 17.5 Å². The number of benzene rings is 1. The molecule has 0 saturated carbocycles. The maximum Gasteiger partial charge on any atom is 0.161 e. The molecule has 0 N–H and O–H groups in total. The van der Waals surface area contributed by atoms with E-state index in [0.29, 0.717) is 11.1 Å². The number of fused-ring (bicyclic) bond motifs is 1. The van der Waals surface area contributed by atoms with Gasteiger partial charge < -0.3 is 8.97 Å². The average Bonchev–Trinajstić information content (AvgIpc) is 3.26. The molecular formula is C30H45NOSi. The molecule has 1 aromatic heterocycles. The van der Waals surface area contributed by atoms with Crippen LogP contribution in [-0.2, 0) is 11.2 Å². The van der Waals surface area contributed by atoms with Crippen molar-refractivity contribution in [2.24, 2.45) is 0 Å². The second-order valence-corrected chi connectivity index (χ2v) is 16.8. The highest BCUT2D eigenvalue weighted by Gasteiger charge is 2.48. The second-order valence-electron chi connectivity index (χ2n) is 11.7. The number of ether oxygens (including phenoxy) is 1. The Morgan fingerprint density at radius 3 is 2.42 bits per heavy atom. The summed E-state index contributed by atoms with van der Waals surface area (Å²) in [6, 6.07) is 8.95. The predicted octanol–water partition coefficient (Wildman–Crippen LogP) is 8.83. The fourth-order valence-corrected chi connectivity index (χ4v) is 6.43. The number of nitrogens with zero attached hydrogens (tertiary/aromatic N) is 1. The van der Waals surface area contributed by atoms with Gasteiger partial charge in [-0.3, -0.25) is 0 Å². The molecule has 3 heteroatoms. The minimum Gasteiger partial charge on any atom is -0.374 e. The molecule has 1 aliphatic heterocycles. The molecule has 2 heterocycles. The first-order chi connectivity index (χ1) is 15.4. The summed E-state index contributed by atoms with van der Waals surface area (Å²) >= 11 is 0. The van der Waals surface area contributed by atoms with Crippen molar-refractivity contribution in [3.63, 3.8) is 0 Å². The predicted molar refractivity (Wildman–Crippen MR) is 148 cm³/mol. The molecular weight excluding hydrogens is 418 g/mol. The van der Waals surface area contributed by atoms with Crippen LogP contribution in [-0.4, -0.2) is 24.2 Å². The Bertz CT molecular complexity index is 1050. The quantitative estimate of drug-likeness (QED) is 0.195. The molecule has 180 valence electrons. The summed E-state index contributed by atoms with van der Waals surface area (Å²) in [7, 11) is -1.66. The van der Waals surface area contributed by atoms with Crippen LogP contribution < -0.4 is 0 Å². The largest absolute Gasteiger partial charge is 0.374 e. The lowest BCUT2D eigenvalue weighted by atomic mass is 10.0. The first-order valence-electron chi connectivity index (χ1n) is 12.6. The van der Waals surface area contributed by atoms with Crippen molar-refractivity contribution in [3.8, 4) is 0 Å². The molecule has 2 nitrogen and oxygen atoms in total. The van der Waals surface area contributed by atoms with E-state index >= 15 is 0 Å². The van der Waals surface area contributed by atoms with E-state index < -0.39 is 8.24 Å². The zero-order valence-corrected chi connectivity index (χ0v) is 23.3. The molecule has 0 unspecified atom stereocenters. The summed E-state index contributed by atoms with van der Waals surface area (Å²) < 4.78 is 8.37. The molecule has 33 heavy (non-hydrogen) atoms. The Labute approximate surface area is 203 Å². The summed E-state index contributed by atoms with van der Waals surface area (Å²) in [5.41, 5.74) is 5.73. The van der Waals surface area contributed by atoms with Gasteiger partial charge in [-0.15, -0.1) is 6.58 Å². The molecule has 3 rings (SSSR count). The van der Waals surface area contributed by atoms with Gasteiger partial charge in [0, 0.05) is 10.9 Å². The fraction of sp³-hybridized carbons (Fsp3) is 0.533. The van der Waals surface area contributed by atoms with Crippen LogP contribution in [0.3, 0.4) is 0 Å². The molecule has 1 fully saturated rings. The smallest absolute Gasteiger partial charge is 0.161 e. The lowest BCUT2D eigenvalue weighted by Gasteiger charge is -2.38.